The number of benzene rings is 2. The van der Waals surface area contributed by atoms with E-state index in [0.29, 0.717) is 22.8 Å². The summed E-state index contributed by atoms with van der Waals surface area (Å²) in [6.45, 7) is 3.93. The first-order valence-electron chi connectivity index (χ1n) is 11.2. The Morgan fingerprint density at radius 2 is 1.73 bits per heavy atom. The number of hydrogen-bond acceptors (Lipinski definition) is 6. The van der Waals surface area contributed by atoms with Gasteiger partial charge in [-0.05, 0) is 55.7 Å². The topological polar surface area (TPSA) is 64.6 Å². The van der Waals surface area contributed by atoms with E-state index in [2.05, 4.69) is 17.4 Å². The number of esters is 2. The summed E-state index contributed by atoms with van der Waals surface area (Å²) in [5.41, 5.74) is 4.64. The lowest BCUT2D eigenvalue weighted by atomic mass is 9.79. The van der Waals surface area contributed by atoms with Gasteiger partial charge in [-0.3, -0.25) is 0 Å². The van der Waals surface area contributed by atoms with E-state index in [-0.39, 0.29) is 12.5 Å². The molecule has 0 radical (unpaired) electrons. The zero-order chi connectivity index (χ0) is 23.5. The lowest BCUT2D eigenvalue weighted by Gasteiger charge is -2.32. The molecule has 0 saturated heterocycles. The third-order valence-corrected chi connectivity index (χ3v) is 7.04. The van der Waals surface area contributed by atoms with Crippen molar-refractivity contribution in [2.45, 2.75) is 37.0 Å². The number of rotatable bonds is 7. The van der Waals surface area contributed by atoms with Crippen LogP contribution in [0.5, 0.6) is 0 Å². The molecule has 0 aromatic heterocycles. The number of methoxy groups -OCH3 is 1. The maximum Gasteiger partial charge on any atom is 0.336 e. The molecule has 3 atom stereocenters. The van der Waals surface area contributed by atoms with E-state index in [1.165, 1.54) is 12.7 Å². The van der Waals surface area contributed by atoms with Crippen LogP contribution in [0.25, 0.3) is 0 Å². The average Bonchev–Trinajstić information content (AvgIpc) is 3.64. The van der Waals surface area contributed by atoms with Gasteiger partial charge in [-0.15, -0.1) is 11.8 Å². The lowest BCUT2D eigenvalue weighted by molar-refractivity contribution is -0.139. The molecule has 172 valence electrons. The number of thioether (sulfide) groups is 1. The number of hydrogen-bond donors (Lipinski definition) is 1. The lowest BCUT2D eigenvalue weighted by Crippen LogP contribution is -2.34. The smallest absolute Gasteiger partial charge is 0.336 e. The molecule has 4 rings (SSSR count). The van der Waals surface area contributed by atoms with Crippen LogP contribution in [0.15, 0.2) is 82.0 Å². The summed E-state index contributed by atoms with van der Waals surface area (Å²) in [7, 11) is 1.37. The van der Waals surface area contributed by atoms with Crippen molar-refractivity contribution in [1.29, 1.82) is 0 Å². The molecule has 5 nitrogen and oxygen atoms in total. The van der Waals surface area contributed by atoms with E-state index >= 15 is 0 Å². The zero-order valence-corrected chi connectivity index (χ0v) is 20.2. The highest BCUT2D eigenvalue weighted by atomic mass is 32.2. The van der Waals surface area contributed by atoms with Gasteiger partial charge in [-0.1, -0.05) is 42.5 Å². The van der Waals surface area contributed by atoms with Crippen LogP contribution in [0.4, 0.5) is 0 Å². The first kappa shape index (κ1) is 23.2. The fourth-order valence-electron chi connectivity index (χ4n) is 4.70. The van der Waals surface area contributed by atoms with Crippen molar-refractivity contribution in [3.8, 4) is 0 Å². The second-order valence-corrected chi connectivity index (χ2v) is 9.15. The van der Waals surface area contributed by atoms with E-state index in [1.807, 2.05) is 55.6 Å². The predicted molar refractivity (Wildman–Crippen MR) is 130 cm³/mol. The first-order chi connectivity index (χ1) is 16.0. The molecule has 33 heavy (non-hydrogen) atoms. The number of nitrogens with one attached hydrogen (secondary N) is 1. The van der Waals surface area contributed by atoms with Gasteiger partial charge in [-0.2, -0.15) is 0 Å². The highest BCUT2D eigenvalue weighted by molar-refractivity contribution is 7.98. The molecule has 1 unspecified atom stereocenters. The highest BCUT2D eigenvalue weighted by Crippen LogP contribution is 2.54. The van der Waals surface area contributed by atoms with Gasteiger partial charge in [0.15, 0.2) is 0 Å². The fourth-order valence-corrected chi connectivity index (χ4v) is 5.17. The van der Waals surface area contributed by atoms with Crippen LogP contribution in [0.3, 0.4) is 0 Å². The predicted octanol–water partition coefficient (Wildman–Crippen LogP) is 5.16. The first-order valence-corrected chi connectivity index (χ1v) is 12.4. The van der Waals surface area contributed by atoms with Gasteiger partial charge in [0.05, 0.1) is 30.8 Å². The molecule has 1 aliphatic heterocycles. The quantitative estimate of drug-likeness (QED) is 0.452. The van der Waals surface area contributed by atoms with E-state index in [4.69, 9.17) is 9.47 Å². The van der Waals surface area contributed by atoms with Gasteiger partial charge in [0.25, 0.3) is 0 Å². The Kier molecular flexibility index (Phi) is 6.94. The van der Waals surface area contributed by atoms with Crippen LogP contribution in [-0.2, 0) is 19.1 Å². The largest absolute Gasteiger partial charge is 0.466 e. The van der Waals surface area contributed by atoms with Crippen molar-refractivity contribution in [2.24, 2.45) is 5.92 Å². The molecule has 1 aliphatic carbocycles. The number of allylic oxidation sites excluding steroid dienone is 2. The van der Waals surface area contributed by atoms with Gasteiger partial charge in [-0.25, -0.2) is 9.59 Å². The van der Waals surface area contributed by atoms with Crippen molar-refractivity contribution >= 4 is 23.7 Å². The molecule has 6 heteroatoms. The van der Waals surface area contributed by atoms with Gasteiger partial charge in [0.2, 0.25) is 0 Å². The molecule has 1 N–H and O–H groups in total. The summed E-state index contributed by atoms with van der Waals surface area (Å²) in [4.78, 5) is 27.4. The number of ether oxygens (including phenoxy) is 2. The molecule has 2 aromatic rings. The molecule has 2 aromatic carbocycles. The van der Waals surface area contributed by atoms with E-state index < -0.39 is 17.9 Å². The second kappa shape index (κ2) is 9.87. The van der Waals surface area contributed by atoms with Crippen LogP contribution < -0.4 is 5.32 Å². The minimum Gasteiger partial charge on any atom is -0.466 e. The van der Waals surface area contributed by atoms with Crippen LogP contribution >= 0.6 is 11.8 Å². The zero-order valence-electron chi connectivity index (χ0n) is 19.4. The number of dihydropyridines is 1. The van der Waals surface area contributed by atoms with Gasteiger partial charge in [0.1, 0.15) is 0 Å². The van der Waals surface area contributed by atoms with Crippen LogP contribution in [0, 0.1) is 5.92 Å². The van der Waals surface area contributed by atoms with E-state index in [1.54, 1.807) is 18.7 Å². The van der Waals surface area contributed by atoms with Crippen molar-refractivity contribution in [2.75, 3.05) is 20.0 Å². The van der Waals surface area contributed by atoms with Crippen LogP contribution in [0.2, 0.25) is 0 Å². The Morgan fingerprint density at radius 3 is 2.39 bits per heavy atom. The minimum atomic E-state index is -0.558. The molecule has 0 spiro atoms. The molecule has 1 saturated carbocycles. The SMILES string of the molecule is CCOC(=O)C1=C([C@@H]2C[C@H]2c2ccccc2)NC(C)=C(C(=O)OC)C1c1cccc(SC)c1. The van der Waals surface area contributed by atoms with Crippen molar-refractivity contribution in [3.63, 3.8) is 0 Å². The van der Waals surface area contributed by atoms with E-state index in [0.717, 1.165) is 22.6 Å². The number of carbonyl (C=O) groups excluding carboxylic acids is 2. The highest BCUT2D eigenvalue weighted by Gasteiger charge is 2.48. The maximum atomic E-state index is 13.4. The molecule has 0 bridgehead atoms. The molecular weight excluding hydrogens is 434 g/mol. The van der Waals surface area contributed by atoms with Crippen LogP contribution in [-0.4, -0.2) is 31.9 Å². The monoisotopic (exact) mass is 463 g/mol. The Labute approximate surface area is 199 Å². The summed E-state index contributed by atoms with van der Waals surface area (Å²) in [6, 6.07) is 18.3. The Hall–Kier alpha value is -2.99. The van der Waals surface area contributed by atoms with Crippen molar-refractivity contribution in [1.82, 2.24) is 5.32 Å². The average molecular weight is 464 g/mol. The summed E-state index contributed by atoms with van der Waals surface area (Å²) in [6.07, 6.45) is 2.94. The summed E-state index contributed by atoms with van der Waals surface area (Å²) >= 11 is 1.62. The Balaban J connectivity index is 1.87. The summed E-state index contributed by atoms with van der Waals surface area (Å²) in [5.74, 6) is -0.921. The minimum absolute atomic E-state index is 0.159. The van der Waals surface area contributed by atoms with Gasteiger partial charge >= 0.3 is 11.9 Å². The van der Waals surface area contributed by atoms with E-state index in [9.17, 15) is 9.59 Å². The van der Waals surface area contributed by atoms with Crippen molar-refractivity contribution in [3.05, 3.63) is 88.3 Å². The Bertz CT molecular complexity index is 1120. The Morgan fingerprint density at radius 1 is 1.00 bits per heavy atom. The molecule has 1 fully saturated rings. The van der Waals surface area contributed by atoms with Gasteiger partial charge in [0, 0.05) is 22.2 Å². The third kappa shape index (κ3) is 4.58. The molecule has 2 aliphatic rings. The van der Waals surface area contributed by atoms with Crippen LogP contribution in [0.1, 0.15) is 43.2 Å². The maximum absolute atomic E-state index is 13.4. The normalized spacial score (nSPS) is 22.0. The molecule has 0 amide bonds. The van der Waals surface area contributed by atoms with Crippen molar-refractivity contribution < 1.29 is 19.1 Å². The molecule has 1 heterocycles. The fraction of sp³-hybridized carbons (Fsp3) is 0.333. The third-order valence-electron chi connectivity index (χ3n) is 6.31. The second-order valence-electron chi connectivity index (χ2n) is 8.27. The summed E-state index contributed by atoms with van der Waals surface area (Å²) in [5, 5.41) is 3.41. The number of carbonyl (C=O) groups is 2. The summed E-state index contributed by atoms with van der Waals surface area (Å²) < 4.78 is 10.7. The molecular formula is C27H29NO4S. The standard InChI is InChI=1S/C27H29NO4S/c1-5-32-27(30)24-23(18-12-9-13-19(14-18)33-4)22(26(29)31-3)16(2)28-25(24)21-15-20(21)17-10-7-6-8-11-17/h6-14,20-21,23,28H,5,15H2,1-4H3/t20-,21+,23?/m0/s1. The van der Waals surface area contributed by atoms with Gasteiger partial charge < -0.3 is 14.8 Å².